The number of pyridine rings is 1. The summed E-state index contributed by atoms with van der Waals surface area (Å²) in [7, 11) is 0. The first kappa shape index (κ1) is 15.0. The summed E-state index contributed by atoms with van der Waals surface area (Å²) in [6.07, 6.45) is 0. The van der Waals surface area contributed by atoms with Gasteiger partial charge in [-0.3, -0.25) is 9.59 Å². The van der Waals surface area contributed by atoms with Crippen LogP contribution in [0.1, 0.15) is 35.6 Å². The number of carboxylic acids is 1. The Balaban J connectivity index is 2.35. The highest BCUT2D eigenvalue weighted by atomic mass is 16.5. The number of hydrogen-bond donors (Lipinski definition) is 2. The molecule has 0 spiro atoms. The van der Waals surface area contributed by atoms with Crippen LogP contribution in [0.15, 0.2) is 10.6 Å². The predicted molar refractivity (Wildman–Crippen MR) is 75.0 cm³/mol. The van der Waals surface area contributed by atoms with Crippen LogP contribution in [0.25, 0.3) is 11.1 Å². The second-order valence-corrected chi connectivity index (χ2v) is 5.15. The van der Waals surface area contributed by atoms with Crippen LogP contribution in [-0.4, -0.2) is 33.2 Å². The minimum absolute atomic E-state index is 0.302. The molecule has 2 atom stereocenters. The fraction of sp³-hybridized carbons (Fsp3) is 0.429. The minimum atomic E-state index is -0.958. The standard InChI is InChI=1S/C14H17N3O4/c1-6-5-10(11-9(4)17-21-13(11)15-6)12(18)16-8(3)7(2)14(19)20/h5,7-8H,1-4H3,(H,16,18)(H,19,20). The van der Waals surface area contributed by atoms with Crippen LogP contribution in [0.3, 0.4) is 0 Å². The zero-order valence-electron chi connectivity index (χ0n) is 12.3. The average Bonchev–Trinajstić information content (AvgIpc) is 2.78. The van der Waals surface area contributed by atoms with E-state index in [1.165, 1.54) is 0 Å². The normalized spacial score (nSPS) is 13.9. The fourth-order valence-electron chi connectivity index (χ4n) is 2.02. The van der Waals surface area contributed by atoms with E-state index in [0.29, 0.717) is 28.1 Å². The van der Waals surface area contributed by atoms with Gasteiger partial charge in [-0.25, -0.2) is 4.98 Å². The summed E-state index contributed by atoms with van der Waals surface area (Å²) in [5.74, 6) is -2.01. The molecule has 0 radical (unpaired) electrons. The quantitative estimate of drug-likeness (QED) is 0.887. The number of fused-ring (bicyclic) bond motifs is 1. The molecule has 2 N–H and O–H groups in total. The number of rotatable bonds is 4. The van der Waals surface area contributed by atoms with E-state index < -0.39 is 17.9 Å². The lowest BCUT2D eigenvalue weighted by Crippen LogP contribution is -2.40. The van der Waals surface area contributed by atoms with Gasteiger partial charge in [-0.2, -0.15) is 0 Å². The second kappa shape index (κ2) is 5.51. The van der Waals surface area contributed by atoms with Gasteiger partial charge < -0.3 is 14.9 Å². The number of aliphatic carboxylic acids is 1. The molecule has 2 rings (SSSR count). The fourth-order valence-corrected chi connectivity index (χ4v) is 2.02. The van der Waals surface area contributed by atoms with E-state index in [1.807, 2.05) is 0 Å². The largest absolute Gasteiger partial charge is 0.481 e. The number of aromatic nitrogens is 2. The lowest BCUT2D eigenvalue weighted by molar-refractivity contribution is -0.141. The van der Waals surface area contributed by atoms with Crippen molar-refractivity contribution in [1.82, 2.24) is 15.5 Å². The first-order valence-corrected chi connectivity index (χ1v) is 6.58. The molecule has 7 nitrogen and oxygen atoms in total. The number of hydrogen-bond acceptors (Lipinski definition) is 5. The molecule has 2 aromatic heterocycles. The zero-order chi connectivity index (χ0) is 15.7. The minimum Gasteiger partial charge on any atom is -0.481 e. The molecule has 0 saturated carbocycles. The molecule has 2 aromatic rings. The highest BCUT2D eigenvalue weighted by Crippen LogP contribution is 2.22. The van der Waals surface area contributed by atoms with Crippen molar-refractivity contribution in [2.75, 3.05) is 0 Å². The van der Waals surface area contributed by atoms with Crippen LogP contribution in [0.2, 0.25) is 0 Å². The number of nitrogens with one attached hydrogen (secondary N) is 1. The van der Waals surface area contributed by atoms with Gasteiger partial charge in [-0.1, -0.05) is 5.16 Å². The van der Waals surface area contributed by atoms with Gasteiger partial charge in [0, 0.05) is 11.7 Å². The maximum absolute atomic E-state index is 12.4. The van der Waals surface area contributed by atoms with Crippen LogP contribution in [0.5, 0.6) is 0 Å². The third kappa shape index (κ3) is 2.86. The van der Waals surface area contributed by atoms with E-state index in [0.717, 1.165) is 0 Å². The zero-order valence-corrected chi connectivity index (χ0v) is 12.3. The maximum Gasteiger partial charge on any atom is 0.308 e. The predicted octanol–water partition coefficient (Wildman–Crippen LogP) is 1.68. The van der Waals surface area contributed by atoms with Crippen molar-refractivity contribution in [2.24, 2.45) is 5.92 Å². The van der Waals surface area contributed by atoms with Gasteiger partial charge in [0.15, 0.2) is 0 Å². The first-order chi connectivity index (χ1) is 9.81. The Hall–Kier alpha value is -2.44. The molecule has 2 heterocycles. The van der Waals surface area contributed by atoms with Crippen molar-refractivity contribution in [1.29, 1.82) is 0 Å². The van der Waals surface area contributed by atoms with Crippen LogP contribution < -0.4 is 5.32 Å². The van der Waals surface area contributed by atoms with Gasteiger partial charge in [0.25, 0.3) is 11.6 Å². The van der Waals surface area contributed by atoms with Crippen molar-refractivity contribution < 1.29 is 19.2 Å². The molecule has 21 heavy (non-hydrogen) atoms. The van der Waals surface area contributed by atoms with Gasteiger partial charge in [0.2, 0.25) is 0 Å². The smallest absolute Gasteiger partial charge is 0.308 e. The molecule has 0 aliphatic rings. The number of carbonyl (C=O) groups excluding carboxylic acids is 1. The van der Waals surface area contributed by atoms with Crippen LogP contribution in [0, 0.1) is 19.8 Å². The van der Waals surface area contributed by atoms with Gasteiger partial charge in [0.05, 0.1) is 22.6 Å². The molecule has 0 aromatic carbocycles. The summed E-state index contributed by atoms with van der Waals surface area (Å²) in [6, 6.07) is 1.14. The van der Waals surface area contributed by atoms with Gasteiger partial charge in [0.1, 0.15) is 0 Å². The van der Waals surface area contributed by atoms with E-state index in [-0.39, 0.29) is 5.91 Å². The lowest BCUT2D eigenvalue weighted by Gasteiger charge is -2.18. The number of aryl methyl sites for hydroxylation is 2. The molecule has 7 heteroatoms. The van der Waals surface area contributed by atoms with E-state index in [2.05, 4.69) is 15.5 Å². The average molecular weight is 291 g/mol. The maximum atomic E-state index is 12.4. The number of carboxylic acid groups (broad SMARTS) is 1. The van der Waals surface area contributed by atoms with Gasteiger partial charge in [-0.05, 0) is 33.8 Å². The highest BCUT2D eigenvalue weighted by molar-refractivity contribution is 6.06. The van der Waals surface area contributed by atoms with E-state index in [4.69, 9.17) is 9.63 Å². The topological polar surface area (TPSA) is 105 Å². The molecule has 0 aliphatic heterocycles. The second-order valence-electron chi connectivity index (χ2n) is 5.15. The SMILES string of the molecule is Cc1cc(C(=O)NC(C)C(C)C(=O)O)c2c(C)noc2n1. The molecule has 0 bridgehead atoms. The van der Waals surface area contributed by atoms with Crippen LogP contribution >= 0.6 is 0 Å². The number of amides is 1. The molecule has 0 fully saturated rings. The summed E-state index contributed by atoms with van der Waals surface area (Å²) in [5.41, 5.74) is 1.89. The lowest BCUT2D eigenvalue weighted by atomic mass is 10.0. The van der Waals surface area contributed by atoms with Gasteiger partial charge in [-0.15, -0.1) is 0 Å². The highest BCUT2D eigenvalue weighted by Gasteiger charge is 2.24. The van der Waals surface area contributed by atoms with Crippen molar-refractivity contribution in [3.05, 3.63) is 23.0 Å². The third-order valence-corrected chi connectivity index (χ3v) is 3.49. The van der Waals surface area contributed by atoms with Crippen molar-refractivity contribution >= 4 is 23.0 Å². The summed E-state index contributed by atoms with van der Waals surface area (Å²) in [6.45, 7) is 6.67. The third-order valence-electron chi connectivity index (χ3n) is 3.49. The Morgan fingerprint density at radius 2 is 2.00 bits per heavy atom. The van der Waals surface area contributed by atoms with E-state index >= 15 is 0 Å². The summed E-state index contributed by atoms with van der Waals surface area (Å²) in [5, 5.41) is 16.0. The summed E-state index contributed by atoms with van der Waals surface area (Å²) in [4.78, 5) is 27.5. The molecular weight excluding hydrogens is 274 g/mol. The Labute approximate surface area is 121 Å². The molecule has 0 saturated heterocycles. The number of nitrogens with zero attached hydrogens (tertiary/aromatic N) is 2. The molecule has 112 valence electrons. The Kier molecular flexibility index (Phi) is 3.93. The first-order valence-electron chi connectivity index (χ1n) is 6.58. The Morgan fingerprint density at radius 1 is 1.33 bits per heavy atom. The van der Waals surface area contributed by atoms with Gasteiger partial charge >= 0.3 is 5.97 Å². The van der Waals surface area contributed by atoms with E-state index in [1.54, 1.807) is 33.8 Å². The molecular formula is C14H17N3O4. The molecule has 1 amide bonds. The van der Waals surface area contributed by atoms with Crippen molar-refractivity contribution in [2.45, 2.75) is 33.7 Å². The van der Waals surface area contributed by atoms with Crippen LogP contribution in [0.4, 0.5) is 0 Å². The monoisotopic (exact) mass is 291 g/mol. The Bertz CT molecular complexity index is 708. The summed E-state index contributed by atoms with van der Waals surface area (Å²) >= 11 is 0. The Morgan fingerprint density at radius 3 is 2.62 bits per heavy atom. The summed E-state index contributed by atoms with van der Waals surface area (Å²) < 4.78 is 5.08. The van der Waals surface area contributed by atoms with Crippen molar-refractivity contribution in [3.8, 4) is 0 Å². The molecule has 0 aliphatic carbocycles. The van der Waals surface area contributed by atoms with Crippen LogP contribution in [-0.2, 0) is 4.79 Å². The van der Waals surface area contributed by atoms with E-state index in [9.17, 15) is 9.59 Å². The van der Waals surface area contributed by atoms with Crippen molar-refractivity contribution in [3.63, 3.8) is 0 Å². The number of carbonyl (C=O) groups is 2. The molecule has 2 unspecified atom stereocenters.